The largest absolute Gasteiger partial charge is 0.493 e. The highest BCUT2D eigenvalue weighted by atomic mass is 35.5. The molecular formula is C14H17ClN2O3. The molecule has 1 saturated carbocycles. The lowest BCUT2D eigenvalue weighted by molar-refractivity contribution is 0.201. The van der Waals surface area contributed by atoms with Gasteiger partial charge in [-0.1, -0.05) is 0 Å². The molecule has 1 heterocycles. The third-order valence-electron chi connectivity index (χ3n) is 3.52. The monoisotopic (exact) mass is 296 g/mol. The Morgan fingerprint density at radius 2 is 2.00 bits per heavy atom. The van der Waals surface area contributed by atoms with Crippen LogP contribution in [0.1, 0.15) is 25.7 Å². The first-order valence-electron chi connectivity index (χ1n) is 6.50. The van der Waals surface area contributed by atoms with Gasteiger partial charge in [-0.25, -0.2) is 4.98 Å². The number of hydrogen-bond donors (Lipinski definition) is 1. The van der Waals surface area contributed by atoms with Crippen molar-refractivity contribution < 1.29 is 9.47 Å². The number of benzene rings is 1. The molecule has 0 amide bonds. The Bertz CT molecular complexity index is 650. The number of halogens is 1. The number of fused-ring (bicyclic) bond motifs is 1. The maximum Gasteiger partial charge on any atom is 0.258 e. The third-order valence-corrected chi connectivity index (χ3v) is 3.52. The van der Waals surface area contributed by atoms with E-state index in [-0.39, 0.29) is 24.1 Å². The van der Waals surface area contributed by atoms with E-state index < -0.39 is 0 Å². The number of aromatic amines is 1. The molecule has 1 aliphatic carbocycles. The van der Waals surface area contributed by atoms with Gasteiger partial charge in [-0.15, -0.1) is 12.4 Å². The minimum absolute atomic E-state index is 0. The van der Waals surface area contributed by atoms with Gasteiger partial charge in [0.25, 0.3) is 5.56 Å². The van der Waals surface area contributed by atoms with Gasteiger partial charge in [0.05, 0.1) is 30.4 Å². The third kappa shape index (κ3) is 2.72. The first kappa shape index (κ1) is 14.7. The lowest BCUT2D eigenvalue weighted by Gasteiger charge is -2.16. The summed E-state index contributed by atoms with van der Waals surface area (Å²) in [7, 11) is 1.59. The SMILES string of the molecule is COc1cc2nc[nH]c(=O)c2cc1OC1CCCC1.Cl. The van der Waals surface area contributed by atoms with Crippen LogP contribution in [0.4, 0.5) is 0 Å². The molecule has 0 bridgehead atoms. The Labute approximate surface area is 122 Å². The summed E-state index contributed by atoms with van der Waals surface area (Å²) < 4.78 is 11.3. The standard InChI is InChI=1S/C14H16N2O3.ClH/c1-18-12-7-11-10(14(17)16-8-15-11)6-13(12)19-9-4-2-3-5-9;/h6-9H,2-5H2,1H3,(H,15,16,17);1H. The maximum absolute atomic E-state index is 11.8. The maximum atomic E-state index is 11.8. The first-order valence-corrected chi connectivity index (χ1v) is 6.50. The highest BCUT2D eigenvalue weighted by Crippen LogP contribution is 2.33. The Balaban J connectivity index is 0.00000147. The number of rotatable bonds is 3. The molecule has 3 rings (SSSR count). The smallest absolute Gasteiger partial charge is 0.258 e. The lowest BCUT2D eigenvalue weighted by Crippen LogP contribution is -2.13. The quantitative estimate of drug-likeness (QED) is 0.946. The van der Waals surface area contributed by atoms with Crippen molar-refractivity contribution in [2.75, 3.05) is 7.11 Å². The number of ether oxygens (including phenoxy) is 2. The number of nitrogens with one attached hydrogen (secondary N) is 1. The molecule has 108 valence electrons. The van der Waals surface area contributed by atoms with Crippen molar-refractivity contribution in [2.24, 2.45) is 0 Å². The van der Waals surface area contributed by atoms with Crippen LogP contribution in [-0.4, -0.2) is 23.2 Å². The Kier molecular flexibility index (Phi) is 4.49. The second-order valence-corrected chi connectivity index (χ2v) is 4.78. The minimum Gasteiger partial charge on any atom is -0.493 e. The molecule has 1 aliphatic rings. The molecule has 5 nitrogen and oxygen atoms in total. The minimum atomic E-state index is -0.163. The van der Waals surface area contributed by atoms with Gasteiger partial charge in [0.2, 0.25) is 0 Å². The highest BCUT2D eigenvalue weighted by molar-refractivity contribution is 5.85. The average Bonchev–Trinajstić information content (AvgIpc) is 2.92. The number of nitrogens with zero attached hydrogens (tertiary/aromatic N) is 1. The van der Waals surface area contributed by atoms with Crippen molar-refractivity contribution in [3.8, 4) is 11.5 Å². The van der Waals surface area contributed by atoms with E-state index >= 15 is 0 Å². The van der Waals surface area contributed by atoms with Crippen molar-refractivity contribution in [3.63, 3.8) is 0 Å². The van der Waals surface area contributed by atoms with Crippen molar-refractivity contribution in [1.29, 1.82) is 0 Å². The second kappa shape index (κ2) is 6.13. The van der Waals surface area contributed by atoms with Crippen LogP contribution in [0, 0.1) is 0 Å². The van der Waals surface area contributed by atoms with E-state index in [9.17, 15) is 4.79 Å². The molecule has 0 aliphatic heterocycles. The van der Waals surface area contributed by atoms with Crippen molar-refractivity contribution >= 4 is 23.3 Å². The second-order valence-electron chi connectivity index (χ2n) is 4.78. The number of aromatic nitrogens is 2. The van der Waals surface area contributed by atoms with Gasteiger partial charge in [0, 0.05) is 6.07 Å². The molecule has 6 heteroatoms. The fourth-order valence-electron chi connectivity index (χ4n) is 2.51. The van der Waals surface area contributed by atoms with Gasteiger partial charge in [-0.3, -0.25) is 4.79 Å². The summed E-state index contributed by atoms with van der Waals surface area (Å²) in [6.07, 6.45) is 6.13. The van der Waals surface area contributed by atoms with Gasteiger partial charge in [-0.05, 0) is 31.7 Å². The molecular weight excluding hydrogens is 280 g/mol. The van der Waals surface area contributed by atoms with Crippen molar-refractivity contribution in [3.05, 3.63) is 28.8 Å². The molecule has 1 aromatic carbocycles. The number of methoxy groups -OCH3 is 1. The first-order chi connectivity index (χ1) is 9.28. The van der Waals surface area contributed by atoms with Crippen LogP contribution >= 0.6 is 12.4 Å². The van der Waals surface area contributed by atoms with Crippen molar-refractivity contribution in [2.45, 2.75) is 31.8 Å². The summed E-state index contributed by atoms with van der Waals surface area (Å²) in [5.74, 6) is 1.25. The van der Waals surface area contributed by atoms with Crippen LogP contribution in [-0.2, 0) is 0 Å². The topological polar surface area (TPSA) is 64.2 Å². The number of hydrogen-bond acceptors (Lipinski definition) is 4. The Morgan fingerprint density at radius 3 is 2.70 bits per heavy atom. The molecule has 2 aromatic rings. The van der Waals surface area contributed by atoms with Gasteiger partial charge < -0.3 is 14.5 Å². The molecule has 0 radical (unpaired) electrons. The summed E-state index contributed by atoms with van der Waals surface area (Å²) in [6, 6.07) is 3.47. The van der Waals surface area contributed by atoms with Gasteiger partial charge in [0.15, 0.2) is 11.5 Å². The fourth-order valence-corrected chi connectivity index (χ4v) is 2.51. The summed E-state index contributed by atoms with van der Waals surface area (Å²) in [4.78, 5) is 18.5. The average molecular weight is 297 g/mol. The Morgan fingerprint density at radius 1 is 1.25 bits per heavy atom. The summed E-state index contributed by atoms with van der Waals surface area (Å²) >= 11 is 0. The normalized spacial score (nSPS) is 15.1. The van der Waals surface area contributed by atoms with E-state index in [2.05, 4.69) is 9.97 Å². The Hall–Kier alpha value is -1.75. The van der Waals surface area contributed by atoms with E-state index in [1.54, 1.807) is 19.2 Å². The van der Waals surface area contributed by atoms with Crippen LogP contribution < -0.4 is 15.0 Å². The van der Waals surface area contributed by atoms with Crippen LogP contribution in [0.15, 0.2) is 23.3 Å². The molecule has 0 saturated heterocycles. The molecule has 20 heavy (non-hydrogen) atoms. The summed E-state index contributed by atoms with van der Waals surface area (Å²) in [6.45, 7) is 0. The van der Waals surface area contributed by atoms with Gasteiger partial charge >= 0.3 is 0 Å². The van der Waals surface area contributed by atoms with Crippen molar-refractivity contribution in [1.82, 2.24) is 9.97 Å². The molecule has 0 unspecified atom stereocenters. The predicted octanol–water partition coefficient (Wildman–Crippen LogP) is 2.67. The van der Waals surface area contributed by atoms with E-state index in [4.69, 9.17) is 9.47 Å². The van der Waals surface area contributed by atoms with Gasteiger partial charge in [-0.2, -0.15) is 0 Å². The van der Waals surface area contributed by atoms with Gasteiger partial charge in [0.1, 0.15) is 0 Å². The highest BCUT2D eigenvalue weighted by Gasteiger charge is 2.19. The van der Waals surface area contributed by atoms with Crippen LogP contribution in [0.25, 0.3) is 10.9 Å². The van der Waals surface area contributed by atoms with Crippen LogP contribution in [0.3, 0.4) is 0 Å². The zero-order valence-electron chi connectivity index (χ0n) is 11.2. The predicted molar refractivity (Wildman–Crippen MR) is 79.0 cm³/mol. The zero-order valence-corrected chi connectivity index (χ0v) is 12.0. The number of H-pyrrole nitrogens is 1. The van der Waals surface area contributed by atoms with E-state index in [0.29, 0.717) is 22.4 Å². The lowest BCUT2D eigenvalue weighted by atomic mass is 10.2. The molecule has 1 fully saturated rings. The van der Waals surface area contributed by atoms with Crippen LogP contribution in [0.2, 0.25) is 0 Å². The van der Waals surface area contributed by atoms with E-state index in [0.717, 1.165) is 12.8 Å². The van der Waals surface area contributed by atoms with Crippen LogP contribution in [0.5, 0.6) is 11.5 Å². The summed E-state index contributed by atoms with van der Waals surface area (Å²) in [5.41, 5.74) is 0.447. The van der Waals surface area contributed by atoms with E-state index in [1.165, 1.54) is 19.2 Å². The molecule has 0 spiro atoms. The summed E-state index contributed by atoms with van der Waals surface area (Å²) in [5, 5.41) is 0.524. The van der Waals surface area contributed by atoms with E-state index in [1.807, 2.05) is 0 Å². The molecule has 1 N–H and O–H groups in total. The fraction of sp³-hybridized carbons (Fsp3) is 0.429. The zero-order chi connectivity index (χ0) is 13.2. The molecule has 1 aromatic heterocycles. The molecule has 0 atom stereocenters.